The molecule has 0 amide bonds. The summed E-state index contributed by atoms with van der Waals surface area (Å²) < 4.78 is 0. The summed E-state index contributed by atoms with van der Waals surface area (Å²) in [5.41, 5.74) is 2.75. The van der Waals surface area contributed by atoms with Gasteiger partial charge in [-0.15, -0.1) is 0 Å². The molecule has 0 radical (unpaired) electrons. The van der Waals surface area contributed by atoms with Crippen LogP contribution in [0.3, 0.4) is 0 Å². The van der Waals surface area contributed by atoms with E-state index in [0.717, 1.165) is 16.7 Å². The van der Waals surface area contributed by atoms with E-state index < -0.39 is 17.9 Å². The van der Waals surface area contributed by atoms with Crippen molar-refractivity contribution in [1.82, 2.24) is 0 Å². The molecule has 0 bridgehead atoms. The molecule has 16 heavy (non-hydrogen) atoms. The van der Waals surface area contributed by atoms with Gasteiger partial charge in [-0.1, -0.05) is 29.3 Å². The van der Waals surface area contributed by atoms with Gasteiger partial charge in [0.05, 0.1) is 0 Å². The first-order valence-electron chi connectivity index (χ1n) is 4.93. The molecule has 0 aliphatic rings. The monoisotopic (exact) mass is 222 g/mol. The molecule has 4 nitrogen and oxygen atoms in total. The van der Waals surface area contributed by atoms with Gasteiger partial charge in [-0.3, -0.25) is 9.59 Å². The second kappa shape index (κ2) is 4.79. The Morgan fingerprint density at radius 3 is 1.88 bits per heavy atom. The van der Waals surface area contributed by atoms with E-state index in [1.54, 1.807) is 0 Å². The van der Waals surface area contributed by atoms with Crippen LogP contribution >= 0.6 is 0 Å². The average Bonchev–Trinajstić information content (AvgIpc) is 2.11. The second-order valence-electron chi connectivity index (χ2n) is 3.93. The number of hydrogen-bond donors (Lipinski definition) is 2. The maximum Gasteiger partial charge on any atom is 0.318 e. The fraction of sp³-hybridized carbons (Fsp3) is 0.333. The van der Waals surface area contributed by atoms with Crippen molar-refractivity contribution in [1.29, 1.82) is 0 Å². The Morgan fingerprint density at radius 1 is 1.06 bits per heavy atom. The number of aryl methyl sites for hydroxylation is 2. The molecule has 2 N–H and O–H groups in total. The molecule has 0 saturated carbocycles. The second-order valence-corrected chi connectivity index (χ2v) is 3.93. The zero-order valence-electron chi connectivity index (χ0n) is 9.23. The van der Waals surface area contributed by atoms with Gasteiger partial charge in [0.2, 0.25) is 0 Å². The summed E-state index contributed by atoms with van der Waals surface area (Å²) in [7, 11) is 0. The first kappa shape index (κ1) is 12.2. The predicted octanol–water partition coefficient (Wildman–Crippen LogP) is 1.63. The summed E-state index contributed by atoms with van der Waals surface area (Å²) >= 11 is 0. The van der Waals surface area contributed by atoms with Crippen LogP contribution in [0, 0.1) is 19.8 Å². The summed E-state index contributed by atoms with van der Waals surface area (Å²) in [6.07, 6.45) is 0.0210. The zero-order valence-corrected chi connectivity index (χ0v) is 9.23. The molecule has 4 heteroatoms. The molecular formula is C12H14O4. The van der Waals surface area contributed by atoms with Crippen LogP contribution in [0.15, 0.2) is 18.2 Å². The highest BCUT2D eigenvalue weighted by Gasteiger charge is 2.25. The lowest BCUT2D eigenvalue weighted by molar-refractivity contribution is -0.154. The summed E-state index contributed by atoms with van der Waals surface area (Å²) in [6, 6.07) is 5.58. The molecule has 1 aromatic rings. The van der Waals surface area contributed by atoms with Crippen molar-refractivity contribution < 1.29 is 19.8 Å². The Hall–Kier alpha value is -1.84. The van der Waals surface area contributed by atoms with Gasteiger partial charge in [-0.25, -0.2) is 0 Å². The number of hydrogen-bond acceptors (Lipinski definition) is 2. The van der Waals surface area contributed by atoms with E-state index >= 15 is 0 Å². The highest BCUT2D eigenvalue weighted by molar-refractivity contribution is 5.93. The largest absolute Gasteiger partial charge is 0.481 e. The Morgan fingerprint density at radius 2 is 1.50 bits per heavy atom. The summed E-state index contributed by atoms with van der Waals surface area (Å²) in [5.74, 6) is -3.97. The lowest BCUT2D eigenvalue weighted by atomic mass is 9.97. The van der Waals surface area contributed by atoms with Gasteiger partial charge < -0.3 is 10.2 Å². The predicted molar refractivity (Wildman–Crippen MR) is 58.4 cm³/mol. The third-order valence-electron chi connectivity index (χ3n) is 2.32. The van der Waals surface area contributed by atoms with Gasteiger partial charge in [0.15, 0.2) is 5.92 Å². The van der Waals surface area contributed by atoms with Gasteiger partial charge in [0.1, 0.15) is 0 Å². The van der Waals surface area contributed by atoms with E-state index in [4.69, 9.17) is 10.2 Å². The van der Waals surface area contributed by atoms with Crippen molar-refractivity contribution in [2.45, 2.75) is 20.3 Å². The summed E-state index contributed by atoms with van der Waals surface area (Å²) in [6.45, 7) is 3.79. The third-order valence-corrected chi connectivity index (χ3v) is 2.32. The molecule has 1 rings (SSSR count). The van der Waals surface area contributed by atoms with E-state index in [1.165, 1.54) is 0 Å². The van der Waals surface area contributed by atoms with Crippen LogP contribution in [0.4, 0.5) is 0 Å². The Labute approximate surface area is 93.5 Å². The molecule has 0 spiro atoms. The number of benzene rings is 1. The SMILES string of the molecule is Cc1cc(C)cc(CC(C(=O)O)C(=O)O)c1. The Bertz CT molecular complexity index is 389. The standard InChI is InChI=1S/C12H14O4/c1-7-3-8(2)5-9(4-7)6-10(11(13)14)12(15)16/h3-5,10H,6H2,1-2H3,(H,13,14)(H,15,16). The highest BCUT2D eigenvalue weighted by Crippen LogP contribution is 2.14. The molecule has 0 atom stereocenters. The first-order valence-corrected chi connectivity index (χ1v) is 4.93. The smallest absolute Gasteiger partial charge is 0.318 e. The van der Waals surface area contributed by atoms with E-state index in [-0.39, 0.29) is 6.42 Å². The van der Waals surface area contributed by atoms with E-state index in [1.807, 2.05) is 32.0 Å². The molecule has 0 heterocycles. The van der Waals surface area contributed by atoms with Crippen LogP contribution in [-0.4, -0.2) is 22.2 Å². The number of rotatable bonds is 4. The molecule has 0 aromatic heterocycles. The number of aliphatic carboxylic acids is 2. The first-order chi connectivity index (χ1) is 7.40. The van der Waals surface area contributed by atoms with Gasteiger partial charge >= 0.3 is 11.9 Å². The quantitative estimate of drug-likeness (QED) is 0.759. The topological polar surface area (TPSA) is 74.6 Å². The number of carboxylic acid groups (broad SMARTS) is 2. The zero-order chi connectivity index (χ0) is 12.3. The molecule has 0 aliphatic heterocycles. The fourth-order valence-corrected chi connectivity index (χ4v) is 1.70. The van der Waals surface area contributed by atoms with Crippen LogP contribution in [0.1, 0.15) is 16.7 Å². The number of carbonyl (C=O) groups is 2. The van der Waals surface area contributed by atoms with Crippen LogP contribution < -0.4 is 0 Å². The maximum absolute atomic E-state index is 10.7. The van der Waals surface area contributed by atoms with Crippen LogP contribution in [0.25, 0.3) is 0 Å². The summed E-state index contributed by atoms with van der Waals surface area (Å²) in [4.78, 5) is 21.5. The maximum atomic E-state index is 10.7. The molecule has 0 saturated heterocycles. The van der Waals surface area contributed by atoms with Crippen molar-refractivity contribution in [3.05, 3.63) is 34.9 Å². The minimum absolute atomic E-state index is 0.0210. The van der Waals surface area contributed by atoms with Crippen molar-refractivity contribution in [2.75, 3.05) is 0 Å². The summed E-state index contributed by atoms with van der Waals surface area (Å²) in [5, 5.41) is 17.5. The molecule has 86 valence electrons. The van der Waals surface area contributed by atoms with Crippen LogP contribution in [0.5, 0.6) is 0 Å². The van der Waals surface area contributed by atoms with Crippen LogP contribution in [0.2, 0.25) is 0 Å². The normalized spacial score (nSPS) is 10.4. The average molecular weight is 222 g/mol. The molecule has 0 unspecified atom stereocenters. The third kappa shape index (κ3) is 3.08. The molecule has 0 aliphatic carbocycles. The van der Waals surface area contributed by atoms with Gasteiger partial charge in [-0.05, 0) is 25.8 Å². The molecular weight excluding hydrogens is 208 g/mol. The van der Waals surface area contributed by atoms with Gasteiger partial charge in [0, 0.05) is 0 Å². The lowest BCUT2D eigenvalue weighted by Crippen LogP contribution is -2.25. The van der Waals surface area contributed by atoms with Crippen molar-refractivity contribution in [3.8, 4) is 0 Å². The van der Waals surface area contributed by atoms with Crippen molar-refractivity contribution in [3.63, 3.8) is 0 Å². The van der Waals surface area contributed by atoms with E-state index in [9.17, 15) is 9.59 Å². The van der Waals surface area contributed by atoms with Crippen molar-refractivity contribution >= 4 is 11.9 Å². The minimum Gasteiger partial charge on any atom is -0.481 e. The minimum atomic E-state index is -1.37. The van der Waals surface area contributed by atoms with Crippen molar-refractivity contribution in [2.24, 2.45) is 5.92 Å². The number of carboxylic acids is 2. The Balaban J connectivity index is 2.93. The van der Waals surface area contributed by atoms with Crippen LogP contribution in [-0.2, 0) is 16.0 Å². The molecule has 0 fully saturated rings. The highest BCUT2D eigenvalue weighted by atomic mass is 16.4. The van der Waals surface area contributed by atoms with E-state index in [0.29, 0.717) is 0 Å². The fourth-order valence-electron chi connectivity index (χ4n) is 1.70. The lowest BCUT2D eigenvalue weighted by Gasteiger charge is -2.09. The molecule has 1 aromatic carbocycles. The van der Waals surface area contributed by atoms with E-state index in [2.05, 4.69) is 0 Å². The Kier molecular flexibility index (Phi) is 3.66. The van der Waals surface area contributed by atoms with Gasteiger partial charge in [-0.2, -0.15) is 0 Å². The van der Waals surface area contributed by atoms with Gasteiger partial charge in [0.25, 0.3) is 0 Å².